The number of carbonyl (C=O) groups excluding carboxylic acids is 1. The molecule has 5 nitrogen and oxygen atoms in total. The quantitative estimate of drug-likeness (QED) is 0.782. The number of nitrogens with two attached hydrogens (primary N) is 1. The number of amides is 1. The van der Waals surface area contributed by atoms with E-state index >= 15 is 0 Å². The van der Waals surface area contributed by atoms with E-state index in [-0.39, 0.29) is 22.4 Å². The van der Waals surface area contributed by atoms with Crippen LogP contribution < -0.4 is 16.4 Å². The molecule has 2 rings (SSSR count). The Morgan fingerprint density at radius 3 is 2.72 bits per heavy atom. The summed E-state index contributed by atoms with van der Waals surface area (Å²) in [6.45, 7) is -1.22. The minimum atomic E-state index is -4.36. The van der Waals surface area contributed by atoms with E-state index in [1.807, 2.05) is 0 Å². The first-order valence-corrected chi connectivity index (χ1v) is 6.01. The third-order valence-electron chi connectivity index (χ3n) is 2.31. The third-order valence-corrected chi connectivity index (χ3v) is 3.13. The molecule has 1 fully saturated rings. The number of halogens is 3. The van der Waals surface area contributed by atoms with E-state index in [1.54, 1.807) is 0 Å². The van der Waals surface area contributed by atoms with Crippen LogP contribution in [-0.2, 0) is 0 Å². The molecular formula is C9H11F3N4OS. The minimum Gasteiger partial charge on any atom is -0.382 e. The van der Waals surface area contributed by atoms with Crippen LogP contribution in [0, 0.1) is 0 Å². The van der Waals surface area contributed by atoms with E-state index in [2.05, 4.69) is 15.0 Å². The van der Waals surface area contributed by atoms with Crippen LogP contribution in [0.25, 0.3) is 0 Å². The van der Waals surface area contributed by atoms with Gasteiger partial charge in [-0.05, 0) is 24.4 Å². The fraction of sp³-hybridized carbons (Fsp3) is 0.556. The SMILES string of the molecule is Nc1nsc(NCC(F)(F)F)c1C(=O)NC1CC1. The Balaban J connectivity index is 2.08. The second-order valence-corrected chi connectivity index (χ2v) is 4.76. The standard InChI is InChI=1S/C9H11F3N4OS/c10-9(11,12)3-14-8-5(6(13)16-18-8)7(17)15-4-1-2-4/h4,14H,1-3H2,(H2,13,16)(H,15,17). The number of hydrogen-bond acceptors (Lipinski definition) is 5. The number of aromatic nitrogens is 1. The number of carbonyl (C=O) groups is 1. The Morgan fingerprint density at radius 1 is 1.50 bits per heavy atom. The zero-order valence-electron chi connectivity index (χ0n) is 9.17. The van der Waals surface area contributed by atoms with Crippen LogP contribution in [0.15, 0.2) is 0 Å². The Hall–Kier alpha value is -1.51. The van der Waals surface area contributed by atoms with Crippen molar-refractivity contribution in [2.24, 2.45) is 0 Å². The van der Waals surface area contributed by atoms with Gasteiger partial charge in [0.25, 0.3) is 5.91 Å². The van der Waals surface area contributed by atoms with Crippen LogP contribution in [0.3, 0.4) is 0 Å². The molecule has 0 aromatic carbocycles. The van der Waals surface area contributed by atoms with Crippen molar-refractivity contribution in [3.8, 4) is 0 Å². The van der Waals surface area contributed by atoms with Gasteiger partial charge >= 0.3 is 6.18 Å². The molecule has 100 valence electrons. The van der Waals surface area contributed by atoms with Gasteiger partial charge in [0.1, 0.15) is 17.1 Å². The minimum absolute atomic E-state index is 0.00356. The summed E-state index contributed by atoms with van der Waals surface area (Å²) in [5.41, 5.74) is 5.49. The van der Waals surface area contributed by atoms with Crippen molar-refractivity contribution in [3.63, 3.8) is 0 Å². The van der Waals surface area contributed by atoms with E-state index in [9.17, 15) is 18.0 Å². The predicted octanol–water partition coefficient (Wildman–Crippen LogP) is 1.59. The molecule has 1 aliphatic carbocycles. The van der Waals surface area contributed by atoms with E-state index in [0.29, 0.717) is 0 Å². The molecule has 9 heteroatoms. The van der Waals surface area contributed by atoms with Gasteiger partial charge in [-0.2, -0.15) is 17.5 Å². The number of alkyl halides is 3. The monoisotopic (exact) mass is 280 g/mol. The van der Waals surface area contributed by atoms with Gasteiger partial charge in [-0.15, -0.1) is 0 Å². The topological polar surface area (TPSA) is 80.0 Å². The normalized spacial score (nSPS) is 15.5. The van der Waals surface area contributed by atoms with Gasteiger partial charge in [0.05, 0.1) is 0 Å². The number of rotatable bonds is 4. The van der Waals surface area contributed by atoms with Crippen molar-refractivity contribution in [2.45, 2.75) is 25.1 Å². The molecule has 0 radical (unpaired) electrons. The van der Waals surface area contributed by atoms with Gasteiger partial charge in [0.15, 0.2) is 5.82 Å². The maximum atomic E-state index is 12.1. The van der Waals surface area contributed by atoms with Crippen molar-refractivity contribution in [1.29, 1.82) is 0 Å². The van der Waals surface area contributed by atoms with E-state index in [0.717, 1.165) is 24.4 Å². The third kappa shape index (κ3) is 3.25. The Morgan fingerprint density at radius 2 is 2.17 bits per heavy atom. The van der Waals surface area contributed by atoms with Gasteiger partial charge in [-0.3, -0.25) is 4.79 Å². The molecule has 0 saturated heterocycles. The maximum absolute atomic E-state index is 12.1. The number of anilines is 2. The second kappa shape index (κ2) is 4.63. The van der Waals surface area contributed by atoms with Crippen LogP contribution in [0.5, 0.6) is 0 Å². The van der Waals surface area contributed by atoms with Crippen molar-refractivity contribution in [2.75, 3.05) is 17.6 Å². The zero-order valence-corrected chi connectivity index (χ0v) is 9.99. The lowest BCUT2D eigenvalue weighted by Gasteiger charge is -2.09. The summed E-state index contributed by atoms with van der Waals surface area (Å²) < 4.78 is 40.0. The van der Waals surface area contributed by atoms with Gasteiger partial charge in [-0.25, -0.2) is 0 Å². The Bertz CT molecular complexity index is 455. The van der Waals surface area contributed by atoms with Crippen molar-refractivity contribution in [3.05, 3.63) is 5.56 Å². The lowest BCUT2D eigenvalue weighted by Crippen LogP contribution is -2.27. The van der Waals surface area contributed by atoms with Crippen LogP contribution in [0.2, 0.25) is 0 Å². The summed E-state index contributed by atoms with van der Waals surface area (Å²) >= 11 is 0.746. The molecule has 0 spiro atoms. The lowest BCUT2D eigenvalue weighted by atomic mass is 10.3. The molecule has 1 aromatic heterocycles. The van der Waals surface area contributed by atoms with Crippen LogP contribution in [0.4, 0.5) is 24.0 Å². The van der Waals surface area contributed by atoms with Crippen LogP contribution in [-0.4, -0.2) is 29.0 Å². The fourth-order valence-electron chi connectivity index (χ4n) is 1.31. The van der Waals surface area contributed by atoms with Gasteiger partial charge in [0.2, 0.25) is 0 Å². The van der Waals surface area contributed by atoms with Crippen LogP contribution in [0.1, 0.15) is 23.2 Å². The molecular weight excluding hydrogens is 269 g/mol. The molecule has 1 heterocycles. The highest BCUT2D eigenvalue weighted by Crippen LogP contribution is 2.29. The molecule has 1 amide bonds. The summed E-state index contributed by atoms with van der Waals surface area (Å²) in [6.07, 6.45) is -2.59. The zero-order chi connectivity index (χ0) is 13.3. The second-order valence-electron chi connectivity index (χ2n) is 3.99. The first kappa shape index (κ1) is 12.9. The molecule has 1 saturated carbocycles. The van der Waals surface area contributed by atoms with Crippen molar-refractivity contribution >= 4 is 28.3 Å². The van der Waals surface area contributed by atoms with Crippen molar-refractivity contribution < 1.29 is 18.0 Å². The van der Waals surface area contributed by atoms with Gasteiger partial charge in [0, 0.05) is 6.04 Å². The van der Waals surface area contributed by atoms with E-state index < -0.39 is 18.6 Å². The van der Waals surface area contributed by atoms with Gasteiger partial charge < -0.3 is 16.4 Å². The Kier molecular flexibility index (Phi) is 3.33. The Labute approximate surface area is 105 Å². The highest BCUT2D eigenvalue weighted by Gasteiger charge is 2.30. The highest BCUT2D eigenvalue weighted by atomic mass is 32.1. The van der Waals surface area contributed by atoms with E-state index in [4.69, 9.17) is 5.73 Å². The molecule has 4 N–H and O–H groups in total. The highest BCUT2D eigenvalue weighted by molar-refractivity contribution is 7.11. The number of nitrogens with zero attached hydrogens (tertiary/aromatic N) is 1. The summed E-state index contributed by atoms with van der Waals surface area (Å²) in [5, 5.41) is 4.84. The summed E-state index contributed by atoms with van der Waals surface area (Å²) in [4.78, 5) is 11.8. The summed E-state index contributed by atoms with van der Waals surface area (Å²) in [6, 6.07) is 0.104. The smallest absolute Gasteiger partial charge is 0.382 e. The fourth-order valence-corrected chi connectivity index (χ4v) is 2.01. The molecule has 0 atom stereocenters. The predicted molar refractivity (Wildman–Crippen MR) is 61.6 cm³/mol. The number of hydrogen-bond donors (Lipinski definition) is 3. The molecule has 0 aliphatic heterocycles. The van der Waals surface area contributed by atoms with E-state index in [1.165, 1.54) is 0 Å². The summed E-state index contributed by atoms with van der Waals surface area (Å²) in [5.74, 6) is -0.531. The molecule has 0 bridgehead atoms. The first-order valence-electron chi connectivity index (χ1n) is 5.23. The van der Waals surface area contributed by atoms with Crippen molar-refractivity contribution in [1.82, 2.24) is 9.69 Å². The number of nitrogen functional groups attached to an aromatic ring is 1. The molecule has 18 heavy (non-hydrogen) atoms. The largest absolute Gasteiger partial charge is 0.405 e. The first-order chi connectivity index (χ1) is 8.37. The number of nitrogens with one attached hydrogen (secondary N) is 2. The average Bonchev–Trinajstić information content (AvgIpc) is 2.96. The molecule has 0 unspecified atom stereocenters. The maximum Gasteiger partial charge on any atom is 0.405 e. The van der Waals surface area contributed by atoms with Crippen LogP contribution >= 0.6 is 11.5 Å². The summed E-state index contributed by atoms with van der Waals surface area (Å²) in [7, 11) is 0. The average molecular weight is 280 g/mol. The molecule has 1 aromatic rings. The van der Waals surface area contributed by atoms with Gasteiger partial charge in [-0.1, -0.05) is 0 Å². The molecule has 1 aliphatic rings. The lowest BCUT2D eigenvalue weighted by molar-refractivity contribution is -0.115.